The van der Waals surface area contributed by atoms with E-state index in [1.54, 1.807) is 42.5 Å². The number of carboxylic acids is 1. The molecule has 0 bridgehead atoms. The van der Waals surface area contributed by atoms with Crippen molar-refractivity contribution < 1.29 is 18.3 Å². The first kappa shape index (κ1) is 20.4. The van der Waals surface area contributed by atoms with Gasteiger partial charge in [0.05, 0.1) is 11.0 Å². The molecule has 0 fully saturated rings. The second kappa shape index (κ2) is 9.21. The molecule has 0 saturated heterocycles. The first-order valence-corrected chi connectivity index (χ1v) is 10.6. The van der Waals surface area contributed by atoms with Crippen molar-refractivity contribution in [2.75, 3.05) is 4.72 Å². The highest BCUT2D eigenvalue weighted by molar-refractivity contribution is 7.95. The SMILES string of the molecule is O=C(O)c1ccc(CCc2cccc(NS(=O)(=O)C=Cc3ccccc3)c2)cc1. The van der Waals surface area contributed by atoms with E-state index in [4.69, 9.17) is 5.11 Å². The number of anilines is 1. The number of aromatic carboxylic acids is 1. The van der Waals surface area contributed by atoms with E-state index < -0.39 is 16.0 Å². The van der Waals surface area contributed by atoms with Crippen molar-refractivity contribution >= 4 is 27.8 Å². The molecule has 3 rings (SSSR count). The zero-order chi connectivity index (χ0) is 20.7. The number of carboxylic acid groups (broad SMARTS) is 1. The van der Waals surface area contributed by atoms with Crippen LogP contribution in [0, 0.1) is 0 Å². The van der Waals surface area contributed by atoms with E-state index in [0.29, 0.717) is 12.1 Å². The quantitative estimate of drug-likeness (QED) is 0.572. The Morgan fingerprint density at radius 2 is 1.55 bits per heavy atom. The van der Waals surface area contributed by atoms with E-state index in [2.05, 4.69) is 4.72 Å². The summed E-state index contributed by atoms with van der Waals surface area (Å²) in [7, 11) is -3.62. The molecule has 0 heterocycles. The van der Waals surface area contributed by atoms with Crippen molar-refractivity contribution in [3.05, 3.63) is 107 Å². The number of hydrogen-bond donors (Lipinski definition) is 2. The van der Waals surface area contributed by atoms with Gasteiger partial charge in [0.2, 0.25) is 0 Å². The van der Waals surface area contributed by atoms with Crippen molar-refractivity contribution in [1.29, 1.82) is 0 Å². The van der Waals surface area contributed by atoms with Gasteiger partial charge in [-0.25, -0.2) is 13.2 Å². The number of carbonyl (C=O) groups is 1. The van der Waals surface area contributed by atoms with Crippen LogP contribution in [-0.4, -0.2) is 19.5 Å². The average Bonchev–Trinajstić information content (AvgIpc) is 2.72. The third kappa shape index (κ3) is 6.33. The minimum Gasteiger partial charge on any atom is -0.478 e. The van der Waals surface area contributed by atoms with Crippen molar-refractivity contribution in [2.45, 2.75) is 12.8 Å². The smallest absolute Gasteiger partial charge is 0.335 e. The Morgan fingerprint density at radius 3 is 2.24 bits per heavy atom. The molecule has 0 spiro atoms. The fraction of sp³-hybridized carbons (Fsp3) is 0.0870. The van der Waals surface area contributed by atoms with E-state index in [1.807, 2.05) is 42.5 Å². The van der Waals surface area contributed by atoms with Gasteiger partial charge in [-0.1, -0.05) is 54.6 Å². The molecular formula is C23H21NO4S. The highest BCUT2D eigenvalue weighted by Crippen LogP contribution is 2.16. The predicted molar refractivity (Wildman–Crippen MR) is 115 cm³/mol. The Labute approximate surface area is 170 Å². The van der Waals surface area contributed by atoms with Crippen LogP contribution in [0.3, 0.4) is 0 Å². The highest BCUT2D eigenvalue weighted by atomic mass is 32.2. The fourth-order valence-electron chi connectivity index (χ4n) is 2.82. The standard InChI is InChI=1S/C23H21NO4S/c25-23(26)21-13-11-19(12-14-21)9-10-20-7-4-8-22(17-20)24-29(27,28)16-15-18-5-2-1-3-6-18/h1-8,11-17,24H,9-10H2,(H,25,26). The van der Waals surface area contributed by atoms with E-state index in [9.17, 15) is 13.2 Å². The maximum absolute atomic E-state index is 12.3. The Hall–Kier alpha value is -3.38. The molecule has 0 saturated carbocycles. The molecule has 0 aliphatic rings. The average molecular weight is 407 g/mol. The van der Waals surface area contributed by atoms with Crippen LogP contribution in [0.4, 0.5) is 5.69 Å². The first-order chi connectivity index (χ1) is 13.9. The number of benzene rings is 3. The van der Waals surface area contributed by atoms with Gasteiger partial charge in [-0.05, 0) is 59.9 Å². The Bertz CT molecular complexity index is 1110. The summed E-state index contributed by atoms with van der Waals surface area (Å²) in [6.45, 7) is 0. The molecule has 0 atom stereocenters. The van der Waals surface area contributed by atoms with Crippen LogP contribution in [0.5, 0.6) is 0 Å². The first-order valence-electron chi connectivity index (χ1n) is 9.08. The predicted octanol–water partition coefficient (Wildman–Crippen LogP) is 4.58. The summed E-state index contributed by atoms with van der Waals surface area (Å²) in [6, 6.07) is 23.2. The summed E-state index contributed by atoms with van der Waals surface area (Å²) in [5.41, 5.74) is 3.57. The lowest BCUT2D eigenvalue weighted by Crippen LogP contribution is -2.09. The van der Waals surface area contributed by atoms with Crippen LogP contribution in [0.1, 0.15) is 27.0 Å². The summed E-state index contributed by atoms with van der Waals surface area (Å²) in [5, 5.41) is 10.1. The summed E-state index contributed by atoms with van der Waals surface area (Å²) in [5.74, 6) is -0.946. The van der Waals surface area contributed by atoms with Gasteiger partial charge in [0.25, 0.3) is 10.0 Å². The van der Waals surface area contributed by atoms with Gasteiger partial charge in [-0.2, -0.15) is 0 Å². The van der Waals surface area contributed by atoms with Gasteiger partial charge < -0.3 is 5.11 Å². The van der Waals surface area contributed by atoms with Crippen LogP contribution >= 0.6 is 0 Å². The van der Waals surface area contributed by atoms with E-state index >= 15 is 0 Å². The van der Waals surface area contributed by atoms with E-state index in [1.165, 1.54) is 0 Å². The van der Waals surface area contributed by atoms with Gasteiger partial charge in [-0.3, -0.25) is 4.72 Å². The largest absolute Gasteiger partial charge is 0.478 e. The van der Waals surface area contributed by atoms with Crippen LogP contribution in [-0.2, 0) is 22.9 Å². The molecule has 0 aliphatic heterocycles. The maximum atomic E-state index is 12.3. The number of nitrogens with one attached hydrogen (secondary N) is 1. The fourth-order valence-corrected chi connectivity index (χ4v) is 3.68. The van der Waals surface area contributed by atoms with Crippen LogP contribution in [0.25, 0.3) is 6.08 Å². The molecule has 6 heteroatoms. The third-order valence-corrected chi connectivity index (χ3v) is 5.34. The molecule has 2 N–H and O–H groups in total. The Kier molecular flexibility index (Phi) is 6.46. The molecule has 3 aromatic carbocycles. The molecule has 0 radical (unpaired) electrons. The van der Waals surface area contributed by atoms with Gasteiger partial charge >= 0.3 is 5.97 Å². The number of aryl methyl sites for hydroxylation is 2. The molecule has 0 aliphatic carbocycles. The lowest BCUT2D eigenvalue weighted by atomic mass is 10.0. The molecule has 3 aromatic rings. The van der Waals surface area contributed by atoms with Crippen molar-refractivity contribution in [3.63, 3.8) is 0 Å². The Balaban J connectivity index is 1.63. The van der Waals surface area contributed by atoms with Gasteiger partial charge in [-0.15, -0.1) is 0 Å². The van der Waals surface area contributed by atoms with Crippen molar-refractivity contribution in [3.8, 4) is 0 Å². The van der Waals surface area contributed by atoms with E-state index in [0.717, 1.165) is 28.5 Å². The highest BCUT2D eigenvalue weighted by Gasteiger charge is 2.07. The second-order valence-electron chi connectivity index (χ2n) is 6.56. The molecule has 29 heavy (non-hydrogen) atoms. The van der Waals surface area contributed by atoms with Crippen molar-refractivity contribution in [2.24, 2.45) is 0 Å². The summed E-state index contributed by atoms with van der Waals surface area (Å²) in [4.78, 5) is 10.9. The van der Waals surface area contributed by atoms with E-state index in [-0.39, 0.29) is 5.56 Å². The summed E-state index contributed by atoms with van der Waals surface area (Å²) < 4.78 is 27.2. The number of hydrogen-bond acceptors (Lipinski definition) is 3. The molecular weight excluding hydrogens is 386 g/mol. The maximum Gasteiger partial charge on any atom is 0.335 e. The molecule has 0 unspecified atom stereocenters. The molecule has 148 valence electrons. The number of rotatable bonds is 8. The third-order valence-electron chi connectivity index (χ3n) is 4.33. The normalized spacial score (nSPS) is 11.4. The minimum atomic E-state index is -3.62. The molecule has 0 aromatic heterocycles. The monoisotopic (exact) mass is 407 g/mol. The van der Waals surface area contributed by atoms with Crippen LogP contribution in [0.15, 0.2) is 84.3 Å². The van der Waals surface area contributed by atoms with Crippen LogP contribution < -0.4 is 4.72 Å². The molecule has 5 nitrogen and oxygen atoms in total. The zero-order valence-corrected chi connectivity index (χ0v) is 16.5. The lowest BCUT2D eigenvalue weighted by Gasteiger charge is -2.08. The van der Waals surface area contributed by atoms with Gasteiger partial charge in [0, 0.05) is 5.69 Å². The summed E-state index contributed by atoms with van der Waals surface area (Å²) in [6.07, 6.45) is 2.98. The second-order valence-corrected chi connectivity index (χ2v) is 8.13. The minimum absolute atomic E-state index is 0.258. The topological polar surface area (TPSA) is 83.5 Å². The van der Waals surface area contributed by atoms with Gasteiger partial charge in [0.1, 0.15) is 0 Å². The van der Waals surface area contributed by atoms with Gasteiger partial charge in [0.15, 0.2) is 0 Å². The molecule has 0 amide bonds. The van der Waals surface area contributed by atoms with Crippen molar-refractivity contribution in [1.82, 2.24) is 0 Å². The number of sulfonamides is 1. The van der Waals surface area contributed by atoms with Crippen LogP contribution in [0.2, 0.25) is 0 Å². The zero-order valence-electron chi connectivity index (χ0n) is 15.7. The summed E-state index contributed by atoms with van der Waals surface area (Å²) >= 11 is 0. The lowest BCUT2D eigenvalue weighted by molar-refractivity contribution is 0.0697. The Morgan fingerprint density at radius 1 is 0.862 bits per heavy atom.